The number of rotatable bonds is 6. The fourth-order valence-electron chi connectivity index (χ4n) is 4.28. The zero-order valence-corrected chi connectivity index (χ0v) is 18.6. The van der Waals surface area contributed by atoms with Crippen LogP contribution in [0.5, 0.6) is 5.75 Å². The molecule has 0 aliphatic carbocycles. The zero-order valence-electron chi connectivity index (χ0n) is 17.8. The minimum atomic E-state index is -0.0562. The van der Waals surface area contributed by atoms with Crippen LogP contribution in [0, 0.1) is 0 Å². The summed E-state index contributed by atoms with van der Waals surface area (Å²) in [7, 11) is 1.68. The van der Waals surface area contributed by atoms with E-state index in [0.29, 0.717) is 6.54 Å². The smallest absolute Gasteiger partial charge is 0.170 e. The number of benzene rings is 2. The van der Waals surface area contributed by atoms with Crippen LogP contribution in [0.3, 0.4) is 0 Å². The third-order valence-electron chi connectivity index (χ3n) is 5.83. The Morgan fingerprint density at radius 1 is 0.938 bits per heavy atom. The summed E-state index contributed by atoms with van der Waals surface area (Å²) in [5, 5.41) is 4.26. The van der Waals surface area contributed by atoms with Crippen LogP contribution in [0.15, 0.2) is 97.3 Å². The molecule has 1 aliphatic heterocycles. The maximum Gasteiger partial charge on any atom is 0.170 e. The van der Waals surface area contributed by atoms with E-state index < -0.39 is 0 Å². The van der Waals surface area contributed by atoms with Crippen LogP contribution in [0.25, 0.3) is 5.69 Å². The molecule has 2 aromatic heterocycles. The predicted molar refractivity (Wildman–Crippen MR) is 130 cm³/mol. The number of aromatic nitrogens is 2. The van der Waals surface area contributed by atoms with E-state index in [1.165, 1.54) is 5.56 Å². The van der Waals surface area contributed by atoms with Crippen LogP contribution in [-0.2, 0) is 6.54 Å². The lowest BCUT2D eigenvalue weighted by molar-refractivity contribution is 0.302. The van der Waals surface area contributed by atoms with Crippen molar-refractivity contribution >= 4 is 17.3 Å². The van der Waals surface area contributed by atoms with Gasteiger partial charge in [0.1, 0.15) is 5.75 Å². The molecule has 160 valence electrons. The van der Waals surface area contributed by atoms with Crippen molar-refractivity contribution in [2.75, 3.05) is 7.11 Å². The van der Waals surface area contributed by atoms with E-state index >= 15 is 0 Å². The van der Waals surface area contributed by atoms with Crippen molar-refractivity contribution in [1.82, 2.24) is 19.8 Å². The summed E-state index contributed by atoms with van der Waals surface area (Å²) in [6, 6.07) is 28.7. The van der Waals surface area contributed by atoms with Crippen molar-refractivity contribution in [3.05, 3.63) is 114 Å². The topological polar surface area (TPSA) is 42.3 Å². The molecule has 32 heavy (non-hydrogen) atoms. The third kappa shape index (κ3) is 3.85. The molecule has 2 aromatic carbocycles. The summed E-state index contributed by atoms with van der Waals surface area (Å²) in [6.45, 7) is 0.684. The highest BCUT2D eigenvalue weighted by atomic mass is 32.1. The molecule has 0 saturated carbocycles. The lowest BCUT2D eigenvalue weighted by Gasteiger charge is -2.29. The number of thiocarbonyl (C=S) groups is 1. The van der Waals surface area contributed by atoms with Gasteiger partial charge < -0.3 is 19.5 Å². The fourth-order valence-corrected chi connectivity index (χ4v) is 4.59. The predicted octanol–water partition coefficient (Wildman–Crippen LogP) is 5.05. The van der Waals surface area contributed by atoms with E-state index in [1.807, 2.05) is 36.5 Å². The first-order chi connectivity index (χ1) is 15.7. The lowest BCUT2D eigenvalue weighted by atomic mass is 10.0. The van der Waals surface area contributed by atoms with E-state index in [9.17, 15) is 0 Å². The maximum atomic E-state index is 5.83. The van der Waals surface area contributed by atoms with Crippen LogP contribution < -0.4 is 10.1 Å². The molecule has 0 bridgehead atoms. The van der Waals surface area contributed by atoms with Gasteiger partial charge in [-0.05, 0) is 66.3 Å². The van der Waals surface area contributed by atoms with E-state index in [1.54, 1.807) is 7.11 Å². The summed E-state index contributed by atoms with van der Waals surface area (Å²) in [5.41, 5.74) is 4.42. The van der Waals surface area contributed by atoms with Crippen molar-refractivity contribution in [2.24, 2.45) is 0 Å². The van der Waals surface area contributed by atoms with Crippen LogP contribution in [-0.4, -0.2) is 26.7 Å². The average molecular weight is 441 g/mol. The van der Waals surface area contributed by atoms with Crippen molar-refractivity contribution in [1.29, 1.82) is 0 Å². The van der Waals surface area contributed by atoms with Crippen LogP contribution in [0.4, 0.5) is 0 Å². The highest BCUT2D eigenvalue weighted by Gasteiger charge is 2.41. The number of nitrogens with zero attached hydrogens (tertiary/aromatic N) is 3. The molecule has 0 amide bonds. The van der Waals surface area contributed by atoms with Crippen molar-refractivity contribution in [3.8, 4) is 11.4 Å². The Labute approximate surface area is 193 Å². The molecular formula is C26H24N4OS. The second kappa shape index (κ2) is 8.85. The Morgan fingerprint density at radius 3 is 2.44 bits per heavy atom. The molecule has 1 fully saturated rings. The number of pyridine rings is 1. The first-order valence-electron chi connectivity index (χ1n) is 10.6. The summed E-state index contributed by atoms with van der Waals surface area (Å²) >= 11 is 5.83. The van der Waals surface area contributed by atoms with Gasteiger partial charge in [0.15, 0.2) is 5.11 Å². The second-order valence-corrected chi connectivity index (χ2v) is 8.13. The lowest BCUT2D eigenvalue weighted by Crippen LogP contribution is -2.30. The molecule has 0 spiro atoms. The zero-order chi connectivity index (χ0) is 21.9. The first-order valence-corrected chi connectivity index (χ1v) is 11.0. The third-order valence-corrected chi connectivity index (χ3v) is 6.18. The van der Waals surface area contributed by atoms with Crippen molar-refractivity contribution < 1.29 is 4.74 Å². The van der Waals surface area contributed by atoms with Gasteiger partial charge in [0.25, 0.3) is 0 Å². The van der Waals surface area contributed by atoms with Crippen LogP contribution in [0.1, 0.15) is 29.0 Å². The molecule has 5 rings (SSSR count). The van der Waals surface area contributed by atoms with Crippen molar-refractivity contribution in [2.45, 2.75) is 18.6 Å². The first kappa shape index (κ1) is 20.3. The summed E-state index contributed by atoms with van der Waals surface area (Å²) in [6.07, 6.45) is 3.94. The SMILES string of the molecule is COc1ccc(CN2C(=S)N[C@H](c3ccccn3)[C@@H]2c2cccn2-c2ccccc2)cc1. The Hall–Kier alpha value is -3.64. The van der Waals surface area contributed by atoms with E-state index in [0.717, 1.165) is 27.9 Å². The molecule has 3 heterocycles. The average Bonchev–Trinajstić information content (AvgIpc) is 3.45. The maximum absolute atomic E-state index is 5.83. The monoisotopic (exact) mass is 440 g/mol. The molecule has 1 saturated heterocycles. The van der Waals surface area contributed by atoms with Crippen molar-refractivity contribution in [3.63, 3.8) is 0 Å². The van der Waals surface area contributed by atoms with Gasteiger partial charge >= 0.3 is 0 Å². The number of nitrogens with one attached hydrogen (secondary N) is 1. The largest absolute Gasteiger partial charge is 0.497 e. The minimum Gasteiger partial charge on any atom is -0.497 e. The number of para-hydroxylation sites is 1. The summed E-state index contributed by atoms with van der Waals surface area (Å²) in [4.78, 5) is 6.90. The number of ether oxygens (including phenoxy) is 1. The van der Waals surface area contributed by atoms with Gasteiger partial charge in [-0.3, -0.25) is 4.98 Å². The van der Waals surface area contributed by atoms with Crippen LogP contribution >= 0.6 is 12.2 Å². The number of hydrogen-bond acceptors (Lipinski definition) is 3. The van der Waals surface area contributed by atoms with Gasteiger partial charge in [-0.1, -0.05) is 36.4 Å². The van der Waals surface area contributed by atoms with Gasteiger partial charge in [0.05, 0.1) is 24.9 Å². The Kier molecular flexibility index (Phi) is 5.60. The molecule has 4 aromatic rings. The molecule has 1 N–H and O–H groups in total. The number of hydrogen-bond donors (Lipinski definition) is 1. The normalized spacial score (nSPS) is 17.9. The molecule has 6 heteroatoms. The molecule has 2 atom stereocenters. The van der Waals surface area contributed by atoms with Gasteiger partial charge in [-0.2, -0.15) is 0 Å². The van der Waals surface area contributed by atoms with Gasteiger partial charge in [-0.15, -0.1) is 0 Å². The number of methoxy groups -OCH3 is 1. The van der Waals surface area contributed by atoms with Gasteiger partial charge in [0.2, 0.25) is 0 Å². The standard InChI is InChI=1S/C26H24N4OS/c1-31-21-14-12-19(13-15-21)18-30-25(24(28-26(30)32)22-10-5-6-16-27-22)23-11-7-17-29(23)20-8-3-2-4-9-20/h2-17,24-25H,18H2,1H3,(H,28,32)/t24-,25+/m1/s1. The fraction of sp³-hybridized carbons (Fsp3) is 0.154. The quantitative estimate of drug-likeness (QED) is 0.425. The molecule has 0 radical (unpaired) electrons. The van der Waals surface area contributed by atoms with Crippen LogP contribution in [0.2, 0.25) is 0 Å². The highest BCUT2D eigenvalue weighted by molar-refractivity contribution is 7.80. The minimum absolute atomic E-state index is 0.0188. The Morgan fingerprint density at radius 2 is 1.72 bits per heavy atom. The molecule has 1 aliphatic rings. The molecule has 5 nitrogen and oxygen atoms in total. The van der Waals surface area contributed by atoms with Gasteiger partial charge in [-0.25, -0.2) is 0 Å². The highest BCUT2D eigenvalue weighted by Crippen LogP contribution is 2.40. The van der Waals surface area contributed by atoms with Gasteiger partial charge in [0, 0.05) is 30.3 Å². The van der Waals surface area contributed by atoms with E-state index in [2.05, 4.69) is 80.6 Å². The van der Waals surface area contributed by atoms with E-state index in [-0.39, 0.29) is 12.1 Å². The Bertz CT molecular complexity index is 1190. The molecular weight excluding hydrogens is 416 g/mol. The summed E-state index contributed by atoms with van der Waals surface area (Å²) in [5.74, 6) is 0.844. The second-order valence-electron chi connectivity index (χ2n) is 7.74. The summed E-state index contributed by atoms with van der Waals surface area (Å²) < 4.78 is 7.55. The molecule has 0 unspecified atom stereocenters. The Balaban J connectivity index is 1.57. The van der Waals surface area contributed by atoms with E-state index in [4.69, 9.17) is 17.0 Å².